The minimum Gasteiger partial charge on any atom is -0.381 e. The van der Waals surface area contributed by atoms with E-state index in [9.17, 15) is 18.5 Å². The normalized spacial score (nSPS) is 21.1. The molecule has 1 unspecified atom stereocenters. The summed E-state index contributed by atoms with van der Waals surface area (Å²) in [6.45, 7) is 0. The van der Waals surface area contributed by atoms with E-state index < -0.39 is 14.8 Å². The Balaban J connectivity index is 2.20. The molecule has 1 aliphatic rings. The summed E-state index contributed by atoms with van der Waals surface area (Å²) >= 11 is 0. The first-order valence-electron chi connectivity index (χ1n) is 6.13. The van der Waals surface area contributed by atoms with Crippen molar-refractivity contribution in [2.24, 2.45) is 5.84 Å². The van der Waals surface area contributed by atoms with E-state index in [-0.39, 0.29) is 23.2 Å². The van der Waals surface area contributed by atoms with Gasteiger partial charge in [-0.2, -0.15) is 0 Å². The van der Waals surface area contributed by atoms with E-state index in [1.807, 2.05) is 0 Å². The van der Waals surface area contributed by atoms with E-state index in [4.69, 9.17) is 5.84 Å². The minimum absolute atomic E-state index is 0.0427. The van der Waals surface area contributed by atoms with Gasteiger partial charge in [0.2, 0.25) is 0 Å². The summed E-state index contributed by atoms with van der Waals surface area (Å²) in [4.78, 5) is 10.3. The van der Waals surface area contributed by atoms with Crippen LogP contribution in [0.1, 0.15) is 12.8 Å². The van der Waals surface area contributed by atoms with Crippen LogP contribution in [0.4, 0.5) is 17.1 Å². The summed E-state index contributed by atoms with van der Waals surface area (Å²) in [5.74, 6) is 5.51. The summed E-state index contributed by atoms with van der Waals surface area (Å²) in [6.07, 6.45) is 1.31. The highest BCUT2D eigenvalue weighted by Gasteiger charge is 2.25. The highest BCUT2D eigenvalue weighted by atomic mass is 32.2. The zero-order chi connectivity index (χ0) is 14.8. The Labute approximate surface area is 116 Å². The minimum atomic E-state index is -3.03. The van der Waals surface area contributed by atoms with Crippen molar-refractivity contribution in [3.05, 3.63) is 28.3 Å². The van der Waals surface area contributed by atoms with Gasteiger partial charge in [-0.1, -0.05) is 0 Å². The zero-order valence-corrected chi connectivity index (χ0v) is 11.5. The molecule has 0 aliphatic carbocycles. The van der Waals surface area contributed by atoms with Gasteiger partial charge in [-0.3, -0.25) is 16.0 Å². The van der Waals surface area contributed by atoms with Crippen LogP contribution in [-0.2, 0) is 9.84 Å². The van der Waals surface area contributed by atoms with Crippen molar-refractivity contribution >= 4 is 26.9 Å². The van der Waals surface area contributed by atoms with Crippen LogP contribution in [0.15, 0.2) is 18.2 Å². The van der Waals surface area contributed by atoms with Crippen molar-refractivity contribution in [3.63, 3.8) is 0 Å². The zero-order valence-electron chi connectivity index (χ0n) is 10.7. The molecule has 0 spiro atoms. The number of rotatable bonds is 4. The first kappa shape index (κ1) is 14.5. The first-order chi connectivity index (χ1) is 9.39. The molecule has 1 aromatic carbocycles. The van der Waals surface area contributed by atoms with E-state index in [2.05, 4.69) is 10.7 Å². The molecule has 0 amide bonds. The molecular formula is C11H16N4O4S. The topological polar surface area (TPSA) is 127 Å². The number of nitrogen functional groups attached to an aromatic ring is 1. The van der Waals surface area contributed by atoms with Crippen molar-refractivity contribution in [1.82, 2.24) is 0 Å². The van der Waals surface area contributed by atoms with Gasteiger partial charge in [0.15, 0.2) is 9.84 Å². The number of anilines is 2. The third kappa shape index (κ3) is 3.58. The van der Waals surface area contributed by atoms with Gasteiger partial charge in [-0.05, 0) is 18.9 Å². The highest BCUT2D eigenvalue weighted by molar-refractivity contribution is 7.91. The number of non-ortho nitro benzene ring substituents is 1. The molecule has 1 heterocycles. The lowest BCUT2D eigenvalue weighted by Crippen LogP contribution is -2.34. The molecular weight excluding hydrogens is 284 g/mol. The number of nitrogens with one attached hydrogen (secondary N) is 2. The molecule has 0 saturated carbocycles. The fraction of sp³-hybridized carbons (Fsp3) is 0.455. The van der Waals surface area contributed by atoms with E-state index in [1.165, 1.54) is 12.1 Å². The highest BCUT2D eigenvalue weighted by Crippen LogP contribution is 2.25. The maximum absolute atomic E-state index is 11.6. The smallest absolute Gasteiger partial charge is 0.273 e. The molecule has 0 radical (unpaired) electrons. The van der Waals surface area contributed by atoms with Crippen LogP contribution in [0.5, 0.6) is 0 Å². The van der Waals surface area contributed by atoms with E-state index >= 15 is 0 Å². The Morgan fingerprint density at radius 2 is 2.00 bits per heavy atom. The molecule has 1 fully saturated rings. The quantitative estimate of drug-likeness (QED) is 0.427. The Morgan fingerprint density at radius 3 is 2.60 bits per heavy atom. The lowest BCUT2D eigenvalue weighted by Gasteiger charge is -2.24. The average Bonchev–Trinajstić information content (AvgIpc) is 2.37. The first-order valence-corrected chi connectivity index (χ1v) is 7.95. The molecule has 0 bridgehead atoms. The fourth-order valence-electron chi connectivity index (χ4n) is 2.26. The van der Waals surface area contributed by atoms with Crippen LogP contribution >= 0.6 is 0 Å². The van der Waals surface area contributed by atoms with Crippen LogP contribution in [-0.4, -0.2) is 30.9 Å². The summed E-state index contributed by atoms with van der Waals surface area (Å²) in [6, 6.07) is 4.04. The van der Waals surface area contributed by atoms with Gasteiger partial charge in [0.1, 0.15) is 0 Å². The molecule has 9 heteroatoms. The summed E-state index contributed by atoms with van der Waals surface area (Å²) in [5, 5.41) is 13.9. The second-order valence-electron chi connectivity index (χ2n) is 4.77. The second kappa shape index (κ2) is 5.63. The van der Waals surface area contributed by atoms with Crippen LogP contribution in [0.2, 0.25) is 0 Å². The SMILES string of the molecule is NNc1cc(NC2CCCS(=O)(=O)C2)cc([N+](=O)[O-])c1. The predicted octanol–water partition coefficient (Wildman–Crippen LogP) is 0.870. The van der Waals surface area contributed by atoms with E-state index in [0.717, 1.165) is 0 Å². The standard InChI is InChI=1S/C11H16N4O4S/c12-14-10-4-9(5-11(6-10)15(16)17)13-8-2-1-3-20(18,19)7-8/h4-6,8,13-14H,1-3,7,12H2. The Morgan fingerprint density at radius 1 is 1.30 bits per heavy atom. The van der Waals surface area contributed by atoms with Gasteiger partial charge in [0.25, 0.3) is 5.69 Å². The Bertz CT molecular complexity index is 617. The predicted molar refractivity (Wildman–Crippen MR) is 76.2 cm³/mol. The third-order valence-electron chi connectivity index (χ3n) is 3.13. The molecule has 20 heavy (non-hydrogen) atoms. The van der Waals surface area contributed by atoms with E-state index in [1.54, 1.807) is 6.07 Å². The maximum atomic E-state index is 11.6. The molecule has 110 valence electrons. The maximum Gasteiger partial charge on any atom is 0.273 e. The summed E-state index contributed by atoms with van der Waals surface area (Å²) in [7, 11) is -3.03. The molecule has 0 aromatic heterocycles. The Hall–Kier alpha value is -1.87. The third-order valence-corrected chi connectivity index (χ3v) is 4.95. The molecule has 1 atom stereocenters. The Kier molecular flexibility index (Phi) is 4.09. The number of hydrogen-bond acceptors (Lipinski definition) is 7. The number of hydrazine groups is 1. The largest absolute Gasteiger partial charge is 0.381 e. The summed E-state index contributed by atoms with van der Waals surface area (Å²) in [5.41, 5.74) is 3.11. The number of sulfone groups is 1. The monoisotopic (exact) mass is 300 g/mol. The lowest BCUT2D eigenvalue weighted by molar-refractivity contribution is -0.384. The molecule has 2 rings (SSSR count). The van der Waals surface area contributed by atoms with Crippen molar-refractivity contribution in [2.75, 3.05) is 22.2 Å². The van der Waals surface area contributed by atoms with Crippen LogP contribution in [0.25, 0.3) is 0 Å². The van der Waals surface area contributed by atoms with Gasteiger partial charge in [-0.15, -0.1) is 0 Å². The van der Waals surface area contributed by atoms with Crippen molar-refractivity contribution in [2.45, 2.75) is 18.9 Å². The molecule has 1 aromatic rings. The number of nitrogens with zero attached hydrogens (tertiary/aromatic N) is 1. The lowest BCUT2D eigenvalue weighted by atomic mass is 10.1. The van der Waals surface area contributed by atoms with Crippen molar-refractivity contribution < 1.29 is 13.3 Å². The number of nitro benzene ring substituents is 1. The number of nitrogens with two attached hydrogens (primary N) is 1. The van der Waals surface area contributed by atoms with Gasteiger partial charge >= 0.3 is 0 Å². The van der Waals surface area contributed by atoms with Crippen LogP contribution in [0.3, 0.4) is 0 Å². The summed E-state index contributed by atoms with van der Waals surface area (Å²) < 4.78 is 23.1. The second-order valence-corrected chi connectivity index (χ2v) is 7.00. The van der Waals surface area contributed by atoms with Crippen LogP contribution < -0.4 is 16.6 Å². The van der Waals surface area contributed by atoms with Crippen molar-refractivity contribution in [1.29, 1.82) is 0 Å². The van der Waals surface area contributed by atoms with Crippen molar-refractivity contribution in [3.8, 4) is 0 Å². The van der Waals surface area contributed by atoms with Gasteiger partial charge in [0.05, 0.1) is 22.1 Å². The number of benzene rings is 1. The van der Waals surface area contributed by atoms with Gasteiger partial charge in [0, 0.05) is 23.9 Å². The van der Waals surface area contributed by atoms with Crippen LogP contribution in [0, 0.1) is 10.1 Å². The van der Waals surface area contributed by atoms with Gasteiger partial charge in [-0.25, -0.2) is 8.42 Å². The number of nitro groups is 1. The van der Waals surface area contributed by atoms with E-state index in [0.29, 0.717) is 24.2 Å². The average molecular weight is 300 g/mol. The molecule has 1 saturated heterocycles. The number of hydrogen-bond donors (Lipinski definition) is 3. The molecule has 1 aliphatic heterocycles. The molecule has 8 nitrogen and oxygen atoms in total. The fourth-order valence-corrected chi connectivity index (χ4v) is 3.89. The molecule has 4 N–H and O–H groups in total. The van der Waals surface area contributed by atoms with Gasteiger partial charge < -0.3 is 10.7 Å².